The van der Waals surface area contributed by atoms with Gasteiger partial charge >= 0.3 is 0 Å². The standard InChI is InChI=1S/C18H17FN2O3/c1-12(22)20-15-3-2-4-16(11-15)21-18(24)10-9-17(23)13-5-7-14(19)8-6-13/h2-8,11H,9-10H2,1H3,(H,20,22)(H,21,24). The third-order valence-corrected chi connectivity index (χ3v) is 3.21. The summed E-state index contributed by atoms with van der Waals surface area (Å²) in [5.74, 6) is -1.16. The first-order valence-electron chi connectivity index (χ1n) is 7.40. The van der Waals surface area contributed by atoms with Crippen LogP contribution in [0.4, 0.5) is 15.8 Å². The molecule has 0 bridgehead atoms. The summed E-state index contributed by atoms with van der Waals surface area (Å²) in [4.78, 5) is 34.9. The van der Waals surface area contributed by atoms with Gasteiger partial charge in [-0.1, -0.05) is 6.07 Å². The van der Waals surface area contributed by atoms with E-state index < -0.39 is 5.82 Å². The Morgan fingerprint density at radius 2 is 1.54 bits per heavy atom. The molecule has 0 radical (unpaired) electrons. The highest BCUT2D eigenvalue weighted by Gasteiger charge is 2.10. The fourth-order valence-corrected chi connectivity index (χ4v) is 2.11. The van der Waals surface area contributed by atoms with Gasteiger partial charge in [0.25, 0.3) is 0 Å². The largest absolute Gasteiger partial charge is 0.326 e. The maximum atomic E-state index is 12.8. The van der Waals surface area contributed by atoms with Crippen molar-refractivity contribution in [2.24, 2.45) is 0 Å². The van der Waals surface area contributed by atoms with Gasteiger partial charge in [-0.2, -0.15) is 0 Å². The van der Waals surface area contributed by atoms with Crippen LogP contribution in [0.5, 0.6) is 0 Å². The van der Waals surface area contributed by atoms with E-state index in [9.17, 15) is 18.8 Å². The van der Waals surface area contributed by atoms with Gasteiger partial charge in [0.15, 0.2) is 5.78 Å². The molecule has 2 aromatic carbocycles. The summed E-state index contributed by atoms with van der Waals surface area (Å²) in [6.07, 6.45) is 0.0451. The van der Waals surface area contributed by atoms with E-state index in [4.69, 9.17) is 0 Å². The summed E-state index contributed by atoms with van der Waals surface area (Å²) in [6.45, 7) is 1.40. The van der Waals surface area contributed by atoms with Crippen molar-refractivity contribution in [3.63, 3.8) is 0 Å². The van der Waals surface area contributed by atoms with E-state index in [-0.39, 0.29) is 30.4 Å². The van der Waals surface area contributed by atoms with Gasteiger partial charge in [-0.05, 0) is 42.5 Å². The first kappa shape index (κ1) is 17.3. The monoisotopic (exact) mass is 328 g/mol. The maximum Gasteiger partial charge on any atom is 0.224 e. The van der Waals surface area contributed by atoms with Gasteiger partial charge < -0.3 is 10.6 Å². The Balaban J connectivity index is 1.88. The number of halogens is 1. The van der Waals surface area contributed by atoms with Crippen LogP contribution >= 0.6 is 0 Å². The van der Waals surface area contributed by atoms with Gasteiger partial charge in [-0.15, -0.1) is 0 Å². The van der Waals surface area contributed by atoms with Crippen molar-refractivity contribution in [1.29, 1.82) is 0 Å². The molecule has 2 aromatic rings. The van der Waals surface area contributed by atoms with Crippen molar-refractivity contribution in [3.8, 4) is 0 Å². The summed E-state index contributed by atoms with van der Waals surface area (Å²) in [5.41, 5.74) is 1.47. The van der Waals surface area contributed by atoms with Crippen LogP contribution < -0.4 is 10.6 Å². The van der Waals surface area contributed by atoms with E-state index in [0.29, 0.717) is 16.9 Å². The van der Waals surface area contributed by atoms with Crippen LogP contribution in [0.1, 0.15) is 30.1 Å². The smallest absolute Gasteiger partial charge is 0.224 e. The number of hydrogen-bond acceptors (Lipinski definition) is 3. The molecular formula is C18H17FN2O3. The first-order valence-corrected chi connectivity index (χ1v) is 7.40. The fourth-order valence-electron chi connectivity index (χ4n) is 2.11. The van der Waals surface area contributed by atoms with E-state index in [2.05, 4.69) is 10.6 Å². The lowest BCUT2D eigenvalue weighted by Crippen LogP contribution is -2.14. The number of hydrogen-bond donors (Lipinski definition) is 2. The molecule has 0 atom stereocenters. The summed E-state index contributed by atoms with van der Waals surface area (Å²) >= 11 is 0. The molecule has 0 aromatic heterocycles. The fraction of sp³-hybridized carbons (Fsp3) is 0.167. The van der Waals surface area contributed by atoms with Crippen LogP contribution in [0.15, 0.2) is 48.5 Å². The summed E-state index contributed by atoms with van der Waals surface area (Å²) in [7, 11) is 0. The van der Waals surface area contributed by atoms with Crippen LogP contribution in [0.2, 0.25) is 0 Å². The molecule has 0 heterocycles. The van der Waals surface area contributed by atoms with Crippen molar-refractivity contribution in [2.45, 2.75) is 19.8 Å². The van der Waals surface area contributed by atoms with E-state index in [1.165, 1.54) is 31.2 Å². The van der Waals surface area contributed by atoms with Gasteiger partial charge in [-0.3, -0.25) is 14.4 Å². The van der Waals surface area contributed by atoms with Crippen molar-refractivity contribution in [2.75, 3.05) is 10.6 Å². The Kier molecular flexibility index (Phi) is 5.78. The molecule has 2 N–H and O–H groups in total. The Morgan fingerprint density at radius 3 is 2.17 bits per heavy atom. The minimum absolute atomic E-state index is 0.0145. The normalized spacial score (nSPS) is 10.1. The predicted octanol–water partition coefficient (Wildman–Crippen LogP) is 3.39. The van der Waals surface area contributed by atoms with E-state index in [1.807, 2.05) is 0 Å². The quantitative estimate of drug-likeness (QED) is 0.798. The van der Waals surface area contributed by atoms with E-state index in [0.717, 1.165) is 0 Å². The molecule has 0 unspecified atom stereocenters. The van der Waals surface area contributed by atoms with Gasteiger partial charge in [0.1, 0.15) is 5.82 Å². The molecule has 5 nitrogen and oxygen atoms in total. The second-order valence-corrected chi connectivity index (χ2v) is 5.24. The molecule has 0 spiro atoms. The van der Waals surface area contributed by atoms with Crippen LogP contribution in [0.25, 0.3) is 0 Å². The summed E-state index contributed by atoms with van der Waals surface area (Å²) < 4.78 is 12.8. The van der Waals surface area contributed by atoms with E-state index in [1.54, 1.807) is 24.3 Å². The highest BCUT2D eigenvalue weighted by Crippen LogP contribution is 2.16. The highest BCUT2D eigenvalue weighted by atomic mass is 19.1. The van der Waals surface area contributed by atoms with Gasteiger partial charge in [0.05, 0.1) is 0 Å². The molecule has 124 valence electrons. The zero-order valence-electron chi connectivity index (χ0n) is 13.1. The topological polar surface area (TPSA) is 75.3 Å². The molecule has 24 heavy (non-hydrogen) atoms. The zero-order valence-corrected chi connectivity index (χ0v) is 13.1. The van der Waals surface area contributed by atoms with Crippen LogP contribution in [-0.4, -0.2) is 17.6 Å². The maximum absolute atomic E-state index is 12.8. The zero-order chi connectivity index (χ0) is 17.5. The molecule has 0 aliphatic heterocycles. The van der Waals surface area contributed by atoms with Gasteiger partial charge in [0, 0.05) is 36.7 Å². The lowest BCUT2D eigenvalue weighted by atomic mass is 10.1. The van der Waals surface area contributed by atoms with Crippen LogP contribution in [0.3, 0.4) is 0 Å². The second-order valence-electron chi connectivity index (χ2n) is 5.24. The Hall–Kier alpha value is -3.02. The van der Waals surface area contributed by atoms with Crippen LogP contribution in [0, 0.1) is 5.82 Å². The Labute approximate surface area is 138 Å². The minimum Gasteiger partial charge on any atom is -0.326 e. The van der Waals surface area contributed by atoms with Crippen molar-refractivity contribution >= 4 is 29.0 Å². The minimum atomic E-state index is -0.414. The molecule has 0 fully saturated rings. The number of rotatable bonds is 6. The summed E-state index contributed by atoms with van der Waals surface area (Å²) in [6, 6.07) is 11.9. The Morgan fingerprint density at radius 1 is 0.917 bits per heavy atom. The molecular weight excluding hydrogens is 311 g/mol. The summed E-state index contributed by atoms with van der Waals surface area (Å²) in [5, 5.41) is 5.29. The molecule has 0 aliphatic rings. The van der Waals surface area contributed by atoms with Crippen molar-refractivity contribution in [1.82, 2.24) is 0 Å². The highest BCUT2D eigenvalue weighted by molar-refractivity contribution is 6.00. The van der Waals surface area contributed by atoms with Crippen molar-refractivity contribution < 1.29 is 18.8 Å². The lowest BCUT2D eigenvalue weighted by molar-refractivity contribution is -0.116. The van der Waals surface area contributed by atoms with Crippen molar-refractivity contribution in [3.05, 3.63) is 59.9 Å². The number of amides is 2. The number of carbonyl (C=O) groups is 3. The van der Waals surface area contributed by atoms with Gasteiger partial charge in [0.2, 0.25) is 11.8 Å². The SMILES string of the molecule is CC(=O)Nc1cccc(NC(=O)CCC(=O)c2ccc(F)cc2)c1. The lowest BCUT2D eigenvalue weighted by Gasteiger charge is -2.08. The average molecular weight is 328 g/mol. The molecule has 2 rings (SSSR count). The number of ketones is 1. The number of carbonyl (C=O) groups excluding carboxylic acids is 3. The molecule has 0 aliphatic carbocycles. The van der Waals surface area contributed by atoms with Gasteiger partial charge in [-0.25, -0.2) is 4.39 Å². The molecule has 2 amide bonds. The predicted molar refractivity (Wildman–Crippen MR) is 89.3 cm³/mol. The third-order valence-electron chi connectivity index (χ3n) is 3.21. The number of anilines is 2. The second kappa shape index (κ2) is 8.01. The molecule has 0 saturated heterocycles. The van der Waals surface area contributed by atoms with E-state index >= 15 is 0 Å². The molecule has 6 heteroatoms. The average Bonchev–Trinajstić information content (AvgIpc) is 2.53. The van der Waals surface area contributed by atoms with Crippen LogP contribution in [-0.2, 0) is 9.59 Å². The molecule has 0 saturated carbocycles. The third kappa shape index (κ3) is 5.31. The first-order chi connectivity index (χ1) is 11.4. The number of benzene rings is 2. The number of nitrogens with one attached hydrogen (secondary N) is 2. The Bertz CT molecular complexity index is 757. The number of Topliss-reactive ketones (excluding diaryl/α,β-unsaturated/α-hetero) is 1.